The summed E-state index contributed by atoms with van der Waals surface area (Å²) in [4.78, 5) is 0. The van der Waals surface area contributed by atoms with Crippen molar-refractivity contribution >= 4 is 24.8 Å². The van der Waals surface area contributed by atoms with Crippen LogP contribution in [0.3, 0.4) is 0 Å². The van der Waals surface area contributed by atoms with Crippen LogP contribution in [-0.4, -0.2) is 0 Å². The number of benzene rings is 2. The Morgan fingerprint density at radius 1 is 0.588 bits per heavy atom. The SMILES string of the molecule is Cl.Cl.c1ccc(COCc2ccccc2)cc1. The molecule has 0 amide bonds. The Morgan fingerprint density at radius 2 is 0.941 bits per heavy atom. The van der Waals surface area contributed by atoms with Crippen molar-refractivity contribution in [2.24, 2.45) is 0 Å². The van der Waals surface area contributed by atoms with Gasteiger partial charge < -0.3 is 4.74 Å². The Bertz CT molecular complexity index is 350. The van der Waals surface area contributed by atoms with Gasteiger partial charge in [-0.05, 0) is 11.1 Å². The molecule has 0 atom stereocenters. The zero-order valence-corrected chi connectivity index (χ0v) is 11.0. The molecule has 0 aliphatic heterocycles. The van der Waals surface area contributed by atoms with E-state index in [0.717, 1.165) is 0 Å². The molecule has 2 rings (SSSR count). The van der Waals surface area contributed by atoms with E-state index in [1.54, 1.807) is 0 Å². The van der Waals surface area contributed by atoms with Crippen LogP contribution in [0, 0.1) is 0 Å². The molecule has 0 aromatic heterocycles. The van der Waals surface area contributed by atoms with Crippen LogP contribution in [0.2, 0.25) is 0 Å². The molecule has 0 radical (unpaired) electrons. The third kappa shape index (κ3) is 5.73. The van der Waals surface area contributed by atoms with Crippen LogP contribution in [-0.2, 0) is 18.0 Å². The number of ether oxygens (including phenoxy) is 1. The molecule has 0 bridgehead atoms. The van der Waals surface area contributed by atoms with Crippen LogP contribution in [0.15, 0.2) is 60.7 Å². The topological polar surface area (TPSA) is 9.23 Å². The van der Waals surface area contributed by atoms with Crippen LogP contribution in [0.5, 0.6) is 0 Å². The standard InChI is InChI=1S/C14H14O.2ClH/c1-3-7-13(8-4-1)11-15-12-14-9-5-2-6-10-14;;/h1-10H,11-12H2;2*1H. The summed E-state index contributed by atoms with van der Waals surface area (Å²) < 4.78 is 5.61. The molecule has 3 heteroatoms. The van der Waals surface area contributed by atoms with E-state index in [0.29, 0.717) is 13.2 Å². The summed E-state index contributed by atoms with van der Waals surface area (Å²) in [6.07, 6.45) is 0. The van der Waals surface area contributed by atoms with Gasteiger partial charge in [0.15, 0.2) is 0 Å². The fourth-order valence-electron chi connectivity index (χ4n) is 1.44. The second kappa shape index (κ2) is 9.06. The van der Waals surface area contributed by atoms with Crippen LogP contribution in [0.4, 0.5) is 0 Å². The average molecular weight is 271 g/mol. The molecule has 0 aliphatic carbocycles. The van der Waals surface area contributed by atoms with Crippen molar-refractivity contribution in [3.05, 3.63) is 71.8 Å². The first kappa shape index (κ1) is 16.0. The maximum atomic E-state index is 5.61. The Balaban J connectivity index is 0.00000128. The minimum absolute atomic E-state index is 0. The lowest BCUT2D eigenvalue weighted by atomic mass is 10.2. The molecule has 0 saturated carbocycles. The van der Waals surface area contributed by atoms with Gasteiger partial charge in [0.25, 0.3) is 0 Å². The second-order valence-corrected chi connectivity index (χ2v) is 3.46. The maximum absolute atomic E-state index is 5.61. The summed E-state index contributed by atoms with van der Waals surface area (Å²) in [7, 11) is 0. The van der Waals surface area contributed by atoms with E-state index in [2.05, 4.69) is 24.3 Å². The lowest BCUT2D eigenvalue weighted by molar-refractivity contribution is 0.107. The molecule has 0 unspecified atom stereocenters. The normalized spacial score (nSPS) is 8.94. The van der Waals surface area contributed by atoms with Gasteiger partial charge in [0, 0.05) is 0 Å². The largest absolute Gasteiger partial charge is 0.372 e. The third-order valence-corrected chi connectivity index (χ3v) is 2.22. The van der Waals surface area contributed by atoms with Gasteiger partial charge in [-0.15, -0.1) is 24.8 Å². The fourth-order valence-corrected chi connectivity index (χ4v) is 1.44. The molecule has 0 fully saturated rings. The molecule has 92 valence electrons. The highest BCUT2D eigenvalue weighted by Gasteiger charge is 1.93. The van der Waals surface area contributed by atoms with Crippen molar-refractivity contribution in [3.63, 3.8) is 0 Å². The number of rotatable bonds is 4. The van der Waals surface area contributed by atoms with E-state index < -0.39 is 0 Å². The monoisotopic (exact) mass is 270 g/mol. The number of halogens is 2. The van der Waals surface area contributed by atoms with Crippen LogP contribution >= 0.6 is 24.8 Å². The lowest BCUT2D eigenvalue weighted by Gasteiger charge is -2.03. The zero-order valence-electron chi connectivity index (χ0n) is 9.41. The summed E-state index contributed by atoms with van der Waals surface area (Å²) in [6.45, 7) is 1.35. The molecule has 0 heterocycles. The van der Waals surface area contributed by atoms with Crippen molar-refractivity contribution < 1.29 is 4.74 Å². The minimum atomic E-state index is 0. The van der Waals surface area contributed by atoms with Crippen molar-refractivity contribution in [1.29, 1.82) is 0 Å². The Kier molecular flexibility index (Phi) is 8.51. The van der Waals surface area contributed by atoms with Gasteiger partial charge in [0.2, 0.25) is 0 Å². The molecule has 2 aromatic carbocycles. The predicted octanol–water partition coefficient (Wildman–Crippen LogP) is 4.25. The van der Waals surface area contributed by atoms with E-state index in [-0.39, 0.29) is 24.8 Å². The van der Waals surface area contributed by atoms with Crippen molar-refractivity contribution in [2.75, 3.05) is 0 Å². The summed E-state index contributed by atoms with van der Waals surface area (Å²) in [5, 5.41) is 0. The molecule has 0 aliphatic rings. The summed E-state index contributed by atoms with van der Waals surface area (Å²) in [5.74, 6) is 0. The maximum Gasteiger partial charge on any atom is 0.0721 e. The van der Waals surface area contributed by atoms with E-state index in [1.807, 2.05) is 36.4 Å². The first-order valence-corrected chi connectivity index (χ1v) is 5.11. The van der Waals surface area contributed by atoms with Gasteiger partial charge in [-0.2, -0.15) is 0 Å². The van der Waals surface area contributed by atoms with Crippen LogP contribution in [0.25, 0.3) is 0 Å². The predicted molar refractivity (Wildman–Crippen MR) is 75.9 cm³/mol. The van der Waals surface area contributed by atoms with Crippen LogP contribution in [0.1, 0.15) is 11.1 Å². The van der Waals surface area contributed by atoms with Gasteiger partial charge in [-0.1, -0.05) is 60.7 Å². The Morgan fingerprint density at radius 3 is 1.29 bits per heavy atom. The third-order valence-electron chi connectivity index (χ3n) is 2.22. The molecule has 0 spiro atoms. The number of hydrogen-bond donors (Lipinski definition) is 0. The van der Waals surface area contributed by atoms with Gasteiger partial charge in [0.1, 0.15) is 0 Å². The van der Waals surface area contributed by atoms with Crippen molar-refractivity contribution in [1.82, 2.24) is 0 Å². The minimum Gasteiger partial charge on any atom is -0.372 e. The van der Waals surface area contributed by atoms with Crippen molar-refractivity contribution in [3.8, 4) is 0 Å². The van der Waals surface area contributed by atoms with E-state index in [4.69, 9.17) is 4.74 Å². The highest BCUT2D eigenvalue weighted by atomic mass is 35.5. The lowest BCUT2D eigenvalue weighted by Crippen LogP contribution is -1.93. The molecular weight excluding hydrogens is 255 g/mol. The van der Waals surface area contributed by atoms with Gasteiger partial charge >= 0.3 is 0 Å². The van der Waals surface area contributed by atoms with Gasteiger partial charge in [0.05, 0.1) is 13.2 Å². The summed E-state index contributed by atoms with van der Waals surface area (Å²) in [6, 6.07) is 20.4. The molecular formula is C14H16Cl2O. The Hall–Kier alpha value is -1.02. The van der Waals surface area contributed by atoms with E-state index in [1.165, 1.54) is 11.1 Å². The number of hydrogen-bond acceptors (Lipinski definition) is 1. The zero-order chi connectivity index (χ0) is 10.3. The first-order valence-electron chi connectivity index (χ1n) is 5.11. The highest BCUT2D eigenvalue weighted by Crippen LogP contribution is 2.05. The molecule has 17 heavy (non-hydrogen) atoms. The molecule has 1 nitrogen and oxygen atoms in total. The second-order valence-electron chi connectivity index (χ2n) is 3.46. The average Bonchev–Trinajstić information content (AvgIpc) is 2.32. The highest BCUT2D eigenvalue weighted by molar-refractivity contribution is 5.85. The quantitative estimate of drug-likeness (QED) is 0.807. The van der Waals surface area contributed by atoms with E-state index in [9.17, 15) is 0 Å². The molecule has 0 N–H and O–H groups in total. The fraction of sp³-hybridized carbons (Fsp3) is 0.143. The van der Waals surface area contributed by atoms with Crippen LogP contribution < -0.4 is 0 Å². The molecule has 2 aromatic rings. The smallest absolute Gasteiger partial charge is 0.0721 e. The van der Waals surface area contributed by atoms with Gasteiger partial charge in [-0.3, -0.25) is 0 Å². The van der Waals surface area contributed by atoms with E-state index >= 15 is 0 Å². The van der Waals surface area contributed by atoms with Gasteiger partial charge in [-0.25, -0.2) is 0 Å². The Labute approximate surface area is 115 Å². The summed E-state index contributed by atoms with van der Waals surface area (Å²) in [5.41, 5.74) is 2.43. The molecule has 0 saturated heterocycles. The summed E-state index contributed by atoms with van der Waals surface area (Å²) >= 11 is 0. The van der Waals surface area contributed by atoms with Crippen molar-refractivity contribution in [2.45, 2.75) is 13.2 Å². The first-order chi connectivity index (χ1) is 7.45.